The highest BCUT2D eigenvalue weighted by atomic mass is 19.3. The second-order valence-electron chi connectivity index (χ2n) is 7.96. The molecular formula is C22H24F4N2O3. The molecule has 0 heterocycles. The van der Waals surface area contributed by atoms with Crippen LogP contribution in [0, 0.1) is 5.41 Å². The average Bonchev–Trinajstić information content (AvgIpc) is 2.67. The second kappa shape index (κ2) is 9.91. The number of amides is 2. The van der Waals surface area contributed by atoms with E-state index in [2.05, 4.69) is 10.6 Å². The van der Waals surface area contributed by atoms with Gasteiger partial charge in [0.1, 0.15) is 6.61 Å². The van der Waals surface area contributed by atoms with Crippen molar-refractivity contribution in [2.24, 2.45) is 5.41 Å². The van der Waals surface area contributed by atoms with Crippen LogP contribution in [0.15, 0.2) is 48.5 Å². The first-order chi connectivity index (χ1) is 14.4. The summed E-state index contributed by atoms with van der Waals surface area (Å²) in [7, 11) is 0. The summed E-state index contributed by atoms with van der Waals surface area (Å²) >= 11 is 0. The Hall–Kier alpha value is -2.94. The van der Waals surface area contributed by atoms with Gasteiger partial charge in [-0.3, -0.25) is 9.59 Å². The van der Waals surface area contributed by atoms with E-state index in [4.69, 9.17) is 4.74 Å². The van der Waals surface area contributed by atoms with Gasteiger partial charge < -0.3 is 15.4 Å². The fraction of sp³-hybridized carbons (Fsp3) is 0.364. The van der Waals surface area contributed by atoms with E-state index >= 15 is 0 Å². The minimum absolute atomic E-state index is 0.235. The zero-order valence-electron chi connectivity index (χ0n) is 17.3. The predicted octanol–water partition coefficient (Wildman–Crippen LogP) is 5.34. The molecule has 9 heteroatoms. The molecule has 0 aliphatic heterocycles. The average molecular weight is 440 g/mol. The summed E-state index contributed by atoms with van der Waals surface area (Å²) in [6.45, 7) is 3.49. The Morgan fingerprint density at radius 2 is 1.68 bits per heavy atom. The Labute approximate surface area is 177 Å². The van der Waals surface area contributed by atoms with Crippen LogP contribution in [0.25, 0.3) is 0 Å². The lowest BCUT2D eigenvalue weighted by Gasteiger charge is -2.19. The van der Waals surface area contributed by atoms with Crippen molar-refractivity contribution in [2.75, 3.05) is 17.2 Å². The molecule has 0 saturated carbocycles. The van der Waals surface area contributed by atoms with Crippen LogP contribution in [-0.4, -0.2) is 30.8 Å². The van der Waals surface area contributed by atoms with E-state index in [1.54, 1.807) is 63.2 Å². The Kier molecular flexibility index (Phi) is 7.78. The molecule has 2 aromatic carbocycles. The van der Waals surface area contributed by atoms with Gasteiger partial charge in [-0.1, -0.05) is 45.0 Å². The highest BCUT2D eigenvalue weighted by Crippen LogP contribution is 2.24. The van der Waals surface area contributed by atoms with Gasteiger partial charge in [-0.15, -0.1) is 0 Å². The molecule has 5 nitrogen and oxygen atoms in total. The Morgan fingerprint density at radius 3 is 2.32 bits per heavy atom. The molecule has 0 aromatic heterocycles. The molecular weight excluding hydrogens is 416 g/mol. The van der Waals surface area contributed by atoms with E-state index in [-0.39, 0.29) is 18.1 Å². The van der Waals surface area contributed by atoms with Gasteiger partial charge >= 0.3 is 12.3 Å². The molecule has 0 unspecified atom stereocenters. The molecule has 2 rings (SSSR count). The Morgan fingerprint density at radius 1 is 1.00 bits per heavy atom. The van der Waals surface area contributed by atoms with E-state index < -0.39 is 30.3 Å². The molecule has 0 aliphatic carbocycles. The van der Waals surface area contributed by atoms with Crippen LogP contribution in [-0.2, 0) is 16.1 Å². The number of hydrogen-bond donors (Lipinski definition) is 2. The summed E-state index contributed by atoms with van der Waals surface area (Å²) < 4.78 is 54.9. The maximum Gasteiger partial charge on any atom is 0.330 e. The summed E-state index contributed by atoms with van der Waals surface area (Å²) in [4.78, 5) is 25.0. The van der Waals surface area contributed by atoms with Crippen molar-refractivity contribution in [3.8, 4) is 0 Å². The van der Waals surface area contributed by atoms with Crippen molar-refractivity contribution in [3.05, 3.63) is 59.7 Å². The fourth-order valence-electron chi connectivity index (χ4n) is 2.41. The lowest BCUT2D eigenvalue weighted by atomic mass is 9.95. The summed E-state index contributed by atoms with van der Waals surface area (Å²) in [5.74, 6) is -4.98. The number of ether oxygens (including phenoxy) is 1. The number of benzene rings is 2. The van der Waals surface area contributed by atoms with Gasteiger partial charge in [0.2, 0.25) is 5.91 Å². The minimum Gasteiger partial charge on any atom is -0.370 e. The summed E-state index contributed by atoms with van der Waals surface area (Å²) in [5.41, 5.74) is 0.687. The van der Waals surface area contributed by atoms with Gasteiger partial charge in [0.25, 0.3) is 5.91 Å². The maximum atomic E-state index is 12.9. The first-order valence-corrected chi connectivity index (χ1v) is 9.44. The second-order valence-corrected chi connectivity index (χ2v) is 7.96. The number of alkyl halides is 4. The van der Waals surface area contributed by atoms with Gasteiger partial charge in [0.05, 0.1) is 17.9 Å². The molecule has 0 atom stereocenters. The van der Waals surface area contributed by atoms with Crippen molar-refractivity contribution >= 4 is 23.2 Å². The molecule has 2 aromatic rings. The number of carbonyl (C=O) groups excluding carboxylic acids is 2. The molecule has 0 fully saturated rings. The standard InChI is InChI=1S/C22H24F4N2O3/c1-21(2,3)20(30)28-17-10-5-4-9-16(17)18(29)27-15-8-6-7-14(11-15)12-31-13-22(25,26)19(23)24/h4-11,19H,12-13H2,1-3H3,(H,27,29)(H,28,30). The van der Waals surface area contributed by atoms with E-state index in [9.17, 15) is 27.2 Å². The van der Waals surface area contributed by atoms with Gasteiger partial charge in [-0.05, 0) is 29.8 Å². The lowest BCUT2D eigenvalue weighted by Crippen LogP contribution is -2.32. The molecule has 0 radical (unpaired) electrons. The van der Waals surface area contributed by atoms with Crippen molar-refractivity contribution in [3.63, 3.8) is 0 Å². The summed E-state index contributed by atoms with van der Waals surface area (Å²) in [6.07, 6.45) is -3.81. The van der Waals surface area contributed by atoms with Crippen LogP contribution in [0.3, 0.4) is 0 Å². The van der Waals surface area contributed by atoms with Crippen molar-refractivity contribution in [1.82, 2.24) is 0 Å². The first kappa shape index (κ1) is 24.3. The SMILES string of the molecule is CC(C)(C)C(=O)Nc1ccccc1C(=O)Nc1cccc(COCC(F)(F)C(F)F)c1. The first-order valence-electron chi connectivity index (χ1n) is 9.44. The Bertz CT molecular complexity index is 927. The molecule has 0 bridgehead atoms. The number of rotatable bonds is 8. The van der Waals surface area contributed by atoms with Crippen LogP contribution >= 0.6 is 0 Å². The van der Waals surface area contributed by atoms with E-state index in [0.717, 1.165) is 0 Å². The zero-order valence-corrected chi connectivity index (χ0v) is 17.3. The molecule has 2 N–H and O–H groups in total. The van der Waals surface area contributed by atoms with Crippen LogP contribution in [0.2, 0.25) is 0 Å². The van der Waals surface area contributed by atoms with Crippen LogP contribution < -0.4 is 10.6 Å². The van der Waals surface area contributed by atoms with Gasteiger partial charge in [0.15, 0.2) is 0 Å². The van der Waals surface area contributed by atoms with Crippen molar-refractivity contribution in [1.29, 1.82) is 0 Å². The largest absolute Gasteiger partial charge is 0.370 e. The van der Waals surface area contributed by atoms with Crippen LogP contribution in [0.4, 0.5) is 28.9 Å². The third-order valence-corrected chi connectivity index (χ3v) is 4.17. The van der Waals surface area contributed by atoms with E-state index in [1.165, 1.54) is 6.07 Å². The van der Waals surface area contributed by atoms with Crippen LogP contribution in [0.1, 0.15) is 36.7 Å². The normalized spacial score (nSPS) is 12.0. The topological polar surface area (TPSA) is 67.4 Å². The maximum absolute atomic E-state index is 12.9. The Balaban J connectivity index is 2.07. The van der Waals surface area contributed by atoms with Crippen molar-refractivity contribution < 1.29 is 31.9 Å². The van der Waals surface area contributed by atoms with Crippen molar-refractivity contribution in [2.45, 2.75) is 39.7 Å². The number of nitrogens with one attached hydrogen (secondary N) is 2. The molecule has 2 amide bonds. The third kappa shape index (κ3) is 7.06. The monoisotopic (exact) mass is 440 g/mol. The molecule has 0 saturated heterocycles. The van der Waals surface area contributed by atoms with E-state index in [0.29, 0.717) is 16.9 Å². The number of halogens is 4. The third-order valence-electron chi connectivity index (χ3n) is 4.17. The lowest BCUT2D eigenvalue weighted by molar-refractivity contribution is -0.168. The van der Waals surface area contributed by atoms with E-state index in [1.807, 2.05) is 0 Å². The zero-order chi connectivity index (χ0) is 23.2. The number of para-hydroxylation sites is 1. The molecule has 168 valence electrons. The van der Waals surface area contributed by atoms with Crippen LogP contribution in [0.5, 0.6) is 0 Å². The summed E-state index contributed by atoms with van der Waals surface area (Å²) in [6, 6.07) is 12.6. The summed E-state index contributed by atoms with van der Waals surface area (Å²) in [5, 5.41) is 5.39. The molecule has 0 aliphatic rings. The minimum atomic E-state index is -4.23. The predicted molar refractivity (Wildman–Crippen MR) is 110 cm³/mol. The highest BCUT2D eigenvalue weighted by Gasteiger charge is 2.40. The smallest absolute Gasteiger partial charge is 0.330 e. The molecule has 31 heavy (non-hydrogen) atoms. The number of hydrogen-bond acceptors (Lipinski definition) is 3. The van der Waals surface area contributed by atoms with Gasteiger partial charge in [-0.2, -0.15) is 8.78 Å². The molecule has 0 spiro atoms. The number of anilines is 2. The van der Waals surface area contributed by atoms with Gasteiger partial charge in [0, 0.05) is 11.1 Å². The van der Waals surface area contributed by atoms with Gasteiger partial charge in [-0.25, -0.2) is 8.78 Å². The quantitative estimate of drug-likeness (QED) is 0.545. The highest BCUT2D eigenvalue weighted by molar-refractivity contribution is 6.10. The fourth-order valence-corrected chi connectivity index (χ4v) is 2.41. The number of carbonyl (C=O) groups is 2.